The lowest BCUT2D eigenvalue weighted by atomic mass is 10.1. The molecule has 2 rings (SSSR count). The van der Waals surface area contributed by atoms with Crippen molar-refractivity contribution in [2.24, 2.45) is 0 Å². The molecule has 0 aliphatic heterocycles. The van der Waals surface area contributed by atoms with E-state index in [1.165, 1.54) is 11.6 Å². The largest absolute Gasteiger partial charge is 0.385 e. The summed E-state index contributed by atoms with van der Waals surface area (Å²) in [6.45, 7) is 0.841. The standard InChI is InChI=1S/C16H17ClFN/c17-15-10-9-14(12-16(15)18)19-11-5-4-8-13-6-2-1-3-7-13/h1-3,6-7,9-10,12,19H,4-5,8,11H2. The third kappa shape index (κ3) is 4.56. The zero-order valence-corrected chi connectivity index (χ0v) is 11.5. The molecule has 2 aromatic rings. The number of rotatable bonds is 6. The maximum atomic E-state index is 13.2. The predicted octanol–water partition coefficient (Wildman–Crippen LogP) is 4.91. The van der Waals surface area contributed by atoms with Crippen molar-refractivity contribution in [3.63, 3.8) is 0 Å². The Morgan fingerprint density at radius 3 is 2.53 bits per heavy atom. The number of benzene rings is 2. The monoisotopic (exact) mass is 277 g/mol. The van der Waals surface area contributed by atoms with Gasteiger partial charge in [-0.05, 0) is 43.0 Å². The highest BCUT2D eigenvalue weighted by Crippen LogP contribution is 2.18. The van der Waals surface area contributed by atoms with Crippen LogP contribution in [0.3, 0.4) is 0 Å². The van der Waals surface area contributed by atoms with E-state index in [0.717, 1.165) is 31.5 Å². The van der Waals surface area contributed by atoms with Crippen LogP contribution in [0.4, 0.5) is 10.1 Å². The number of aryl methyl sites for hydroxylation is 1. The van der Waals surface area contributed by atoms with Crippen molar-refractivity contribution in [1.29, 1.82) is 0 Å². The van der Waals surface area contributed by atoms with Gasteiger partial charge in [0.25, 0.3) is 0 Å². The van der Waals surface area contributed by atoms with Gasteiger partial charge in [0.1, 0.15) is 5.82 Å². The fraction of sp³-hybridized carbons (Fsp3) is 0.250. The van der Waals surface area contributed by atoms with Crippen molar-refractivity contribution in [3.8, 4) is 0 Å². The van der Waals surface area contributed by atoms with E-state index in [4.69, 9.17) is 11.6 Å². The summed E-state index contributed by atoms with van der Waals surface area (Å²) in [5.41, 5.74) is 2.14. The minimum absolute atomic E-state index is 0.162. The molecule has 3 heteroatoms. The first-order chi connectivity index (χ1) is 9.25. The van der Waals surface area contributed by atoms with Gasteiger partial charge in [0.2, 0.25) is 0 Å². The molecule has 1 N–H and O–H groups in total. The van der Waals surface area contributed by atoms with Gasteiger partial charge < -0.3 is 5.32 Å². The maximum absolute atomic E-state index is 13.2. The molecule has 0 aliphatic rings. The van der Waals surface area contributed by atoms with Crippen LogP contribution in [0, 0.1) is 5.82 Å². The molecule has 0 atom stereocenters. The minimum Gasteiger partial charge on any atom is -0.385 e. The third-order valence-electron chi connectivity index (χ3n) is 2.98. The van der Waals surface area contributed by atoms with Crippen LogP contribution >= 0.6 is 11.6 Å². The molecule has 0 bridgehead atoms. The van der Waals surface area contributed by atoms with E-state index in [9.17, 15) is 4.39 Å². The van der Waals surface area contributed by atoms with Crippen LogP contribution in [0.25, 0.3) is 0 Å². The average Bonchev–Trinajstić information content (AvgIpc) is 2.43. The lowest BCUT2D eigenvalue weighted by Crippen LogP contribution is -2.02. The normalized spacial score (nSPS) is 10.4. The molecule has 0 radical (unpaired) electrons. The molecule has 0 aromatic heterocycles. The average molecular weight is 278 g/mol. The molecular formula is C16H17ClFN. The topological polar surface area (TPSA) is 12.0 Å². The molecule has 0 aliphatic carbocycles. The molecule has 1 nitrogen and oxygen atoms in total. The van der Waals surface area contributed by atoms with Gasteiger partial charge >= 0.3 is 0 Å². The highest BCUT2D eigenvalue weighted by atomic mass is 35.5. The molecule has 0 unspecified atom stereocenters. The van der Waals surface area contributed by atoms with Gasteiger partial charge in [-0.15, -0.1) is 0 Å². The Morgan fingerprint density at radius 1 is 1.00 bits per heavy atom. The van der Waals surface area contributed by atoms with Crippen LogP contribution in [0.5, 0.6) is 0 Å². The van der Waals surface area contributed by atoms with Crippen molar-refractivity contribution in [2.45, 2.75) is 19.3 Å². The summed E-state index contributed by atoms with van der Waals surface area (Å²) in [5.74, 6) is -0.379. The number of hydrogen-bond donors (Lipinski definition) is 1. The quantitative estimate of drug-likeness (QED) is 0.740. The Balaban J connectivity index is 1.68. The zero-order valence-electron chi connectivity index (χ0n) is 10.7. The lowest BCUT2D eigenvalue weighted by Gasteiger charge is -2.07. The summed E-state index contributed by atoms with van der Waals surface area (Å²) in [7, 11) is 0. The molecule has 0 fully saturated rings. The van der Waals surface area contributed by atoms with E-state index in [2.05, 4.69) is 29.6 Å². The molecule has 0 amide bonds. The van der Waals surface area contributed by atoms with E-state index >= 15 is 0 Å². The fourth-order valence-corrected chi connectivity index (χ4v) is 2.06. The second-order valence-corrected chi connectivity index (χ2v) is 4.91. The molecule has 0 heterocycles. The Hall–Kier alpha value is -1.54. The second kappa shape index (κ2) is 7.15. The van der Waals surface area contributed by atoms with Crippen molar-refractivity contribution >= 4 is 17.3 Å². The van der Waals surface area contributed by atoms with Crippen LogP contribution in [-0.2, 0) is 6.42 Å². The van der Waals surface area contributed by atoms with Crippen LogP contribution < -0.4 is 5.32 Å². The summed E-state index contributed by atoms with van der Waals surface area (Å²) >= 11 is 5.63. The van der Waals surface area contributed by atoms with Crippen LogP contribution in [-0.4, -0.2) is 6.54 Å². The van der Waals surface area contributed by atoms with Crippen molar-refractivity contribution in [1.82, 2.24) is 0 Å². The van der Waals surface area contributed by atoms with Crippen molar-refractivity contribution in [3.05, 3.63) is 64.9 Å². The smallest absolute Gasteiger partial charge is 0.143 e. The SMILES string of the molecule is Fc1cc(NCCCCc2ccccc2)ccc1Cl. The summed E-state index contributed by atoms with van der Waals surface area (Å²) in [6, 6.07) is 15.2. The fourth-order valence-electron chi connectivity index (χ4n) is 1.94. The number of nitrogens with one attached hydrogen (secondary N) is 1. The van der Waals surface area contributed by atoms with Gasteiger partial charge in [-0.25, -0.2) is 4.39 Å². The first-order valence-corrected chi connectivity index (χ1v) is 6.86. The van der Waals surface area contributed by atoms with Crippen LogP contribution in [0.15, 0.2) is 48.5 Å². The Bertz CT molecular complexity index is 513. The van der Waals surface area contributed by atoms with Crippen molar-refractivity contribution < 1.29 is 4.39 Å². The van der Waals surface area contributed by atoms with Gasteiger partial charge in [0, 0.05) is 12.2 Å². The van der Waals surface area contributed by atoms with Gasteiger partial charge in [0.15, 0.2) is 0 Å². The van der Waals surface area contributed by atoms with Gasteiger partial charge in [-0.3, -0.25) is 0 Å². The third-order valence-corrected chi connectivity index (χ3v) is 3.29. The van der Waals surface area contributed by atoms with Gasteiger partial charge in [0.05, 0.1) is 5.02 Å². The predicted molar refractivity (Wildman–Crippen MR) is 79.3 cm³/mol. The first kappa shape index (κ1) is 13.9. The summed E-state index contributed by atoms with van der Waals surface area (Å²) in [5, 5.41) is 3.36. The van der Waals surface area contributed by atoms with Gasteiger partial charge in [-0.2, -0.15) is 0 Å². The summed E-state index contributed by atoms with van der Waals surface area (Å²) < 4.78 is 13.2. The van der Waals surface area contributed by atoms with Crippen LogP contribution in [0.2, 0.25) is 5.02 Å². The Kier molecular flexibility index (Phi) is 5.22. The van der Waals surface area contributed by atoms with E-state index in [1.54, 1.807) is 12.1 Å². The molecule has 0 spiro atoms. The second-order valence-electron chi connectivity index (χ2n) is 4.50. The molecule has 2 aromatic carbocycles. The van der Waals surface area contributed by atoms with Gasteiger partial charge in [-0.1, -0.05) is 41.9 Å². The van der Waals surface area contributed by atoms with Crippen LogP contribution in [0.1, 0.15) is 18.4 Å². The van der Waals surface area contributed by atoms with Crippen molar-refractivity contribution in [2.75, 3.05) is 11.9 Å². The number of halogens is 2. The number of anilines is 1. The number of unbranched alkanes of at least 4 members (excludes halogenated alkanes) is 1. The number of hydrogen-bond acceptors (Lipinski definition) is 1. The minimum atomic E-state index is -0.379. The maximum Gasteiger partial charge on any atom is 0.143 e. The van der Waals surface area contributed by atoms with E-state index in [0.29, 0.717) is 0 Å². The molecule has 100 valence electrons. The van der Waals surface area contributed by atoms with E-state index < -0.39 is 0 Å². The zero-order chi connectivity index (χ0) is 13.5. The Labute approximate surface area is 118 Å². The summed E-state index contributed by atoms with van der Waals surface area (Å²) in [4.78, 5) is 0. The molecular weight excluding hydrogens is 261 g/mol. The first-order valence-electron chi connectivity index (χ1n) is 6.48. The van der Waals surface area contributed by atoms with E-state index in [1.807, 2.05) is 6.07 Å². The highest BCUT2D eigenvalue weighted by molar-refractivity contribution is 6.30. The molecule has 0 saturated heterocycles. The molecule has 0 saturated carbocycles. The summed E-state index contributed by atoms with van der Waals surface area (Å²) in [6.07, 6.45) is 3.25. The Morgan fingerprint density at radius 2 is 1.79 bits per heavy atom. The van der Waals surface area contributed by atoms with E-state index in [-0.39, 0.29) is 10.8 Å². The molecule has 19 heavy (non-hydrogen) atoms. The highest BCUT2D eigenvalue weighted by Gasteiger charge is 2.00. The lowest BCUT2D eigenvalue weighted by molar-refractivity contribution is 0.628.